The number of rotatable bonds is 13. The Labute approximate surface area is 128 Å². The fourth-order valence-electron chi connectivity index (χ4n) is 2.57. The quantitative estimate of drug-likeness (QED) is 0.322. The van der Waals surface area contributed by atoms with E-state index in [9.17, 15) is 8.42 Å². The largest absolute Gasteiger partial charge is 0.315 e. The zero-order valence-corrected chi connectivity index (χ0v) is 16.3. The molecule has 0 amide bonds. The number of hydrogen-bond acceptors (Lipinski definition) is 3. The molecule has 0 saturated carbocycles. The van der Waals surface area contributed by atoms with Crippen molar-refractivity contribution in [1.82, 2.24) is 4.57 Å². The topological polar surface area (TPSA) is 57.6 Å². The Balaban J connectivity index is 3.59. The molecular weight excluding hydrogens is 290 g/mol. The van der Waals surface area contributed by atoms with Crippen molar-refractivity contribution in [3.8, 4) is 0 Å². The molecule has 1 atom stereocenters. The van der Waals surface area contributed by atoms with Crippen molar-refractivity contribution in [2.24, 2.45) is 0 Å². The first kappa shape index (κ1) is 20.1. The molecule has 20 heavy (non-hydrogen) atoms. The molecule has 0 rings (SSSR count). The van der Waals surface area contributed by atoms with Crippen LogP contribution in [0.25, 0.3) is 0 Å². The molecule has 0 aromatic carbocycles. The Morgan fingerprint density at radius 3 is 1.80 bits per heavy atom. The molecule has 0 spiro atoms. The second-order valence-corrected chi connectivity index (χ2v) is 8.41. The lowest BCUT2D eigenvalue weighted by atomic mass is 10.1. The molecule has 0 aliphatic rings. The Bertz CT molecular complexity index is 322. The number of nitrogens with zero attached hydrogens (tertiary/aromatic N) is 1. The third-order valence-corrected chi connectivity index (χ3v) is 6.62. The van der Waals surface area contributed by atoms with Crippen LogP contribution in [-0.4, -0.2) is 39.9 Å². The van der Waals surface area contributed by atoms with Gasteiger partial charge in [0.2, 0.25) is 0 Å². The van der Waals surface area contributed by atoms with E-state index < -0.39 is 15.5 Å². The number of hydrogen-bond donors (Lipinski definition) is 1. The first-order valence-electron chi connectivity index (χ1n) is 8.10. The molecule has 0 fully saturated rings. The van der Waals surface area contributed by atoms with Gasteiger partial charge in [0.05, 0.1) is 10.4 Å². The first-order valence-corrected chi connectivity index (χ1v) is 10.5. The van der Waals surface area contributed by atoms with Crippen LogP contribution in [0.3, 0.4) is 0 Å². The zero-order valence-electron chi connectivity index (χ0n) is 13.5. The van der Waals surface area contributed by atoms with Crippen LogP contribution < -0.4 is 0 Å². The predicted molar refractivity (Wildman–Crippen MR) is 89.5 cm³/mol. The van der Waals surface area contributed by atoms with E-state index in [4.69, 9.17) is 4.55 Å². The van der Waals surface area contributed by atoms with Gasteiger partial charge in [-0.25, -0.2) is 0 Å². The fraction of sp³-hybridized carbons (Fsp3) is 1.00. The van der Waals surface area contributed by atoms with Crippen LogP contribution in [0.1, 0.15) is 78.1 Å². The highest BCUT2D eigenvalue weighted by Gasteiger charge is 2.24. The van der Waals surface area contributed by atoms with E-state index in [2.05, 4.69) is 6.92 Å². The van der Waals surface area contributed by atoms with Crippen LogP contribution >= 0.6 is 0 Å². The van der Waals surface area contributed by atoms with Gasteiger partial charge in [0.25, 0.3) is 10.1 Å². The maximum atomic E-state index is 11.2. The Morgan fingerprint density at radius 2 is 1.40 bits per heavy atom. The molecule has 0 radical (unpaired) electrons. The van der Waals surface area contributed by atoms with Gasteiger partial charge in [0, 0.05) is 0 Å². The molecule has 0 aliphatic carbocycles. The van der Waals surface area contributed by atoms with Crippen molar-refractivity contribution in [3.05, 3.63) is 0 Å². The van der Waals surface area contributed by atoms with Gasteiger partial charge < -0.3 is 4.57 Å². The maximum absolute atomic E-state index is 11.2. The second kappa shape index (κ2) is 11.7. The molecule has 1 unspecified atom stereocenters. The third kappa shape index (κ3) is 9.91. The van der Waals surface area contributed by atoms with Gasteiger partial charge in [0.15, 0.2) is 0 Å². The van der Waals surface area contributed by atoms with Crippen LogP contribution in [0.15, 0.2) is 0 Å². The lowest BCUT2D eigenvalue weighted by molar-refractivity contribution is 0.354. The van der Waals surface area contributed by atoms with Crippen molar-refractivity contribution in [2.45, 2.75) is 83.4 Å². The molecule has 1 N–H and O–H groups in total. The summed E-state index contributed by atoms with van der Waals surface area (Å²) in [7, 11) is -3.24. The summed E-state index contributed by atoms with van der Waals surface area (Å²) in [6.07, 6.45) is 11.9. The average Bonchev–Trinajstić information content (AvgIpc) is 2.36. The Morgan fingerprint density at radius 1 is 0.950 bits per heavy atom. The normalized spacial score (nSPS) is 14.0. The highest BCUT2D eigenvalue weighted by atomic mass is 32.2. The standard InChI is InChI=1S/C14H33NO3SSi/c1-3-5-6-7-8-9-10-11-12-13-15(20)14(4-2)19(16,17)18/h14H,3-13H2,1-2,20H3,(H,16,17,18). The van der Waals surface area contributed by atoms with Crippen molar-refractivity contribution >= 4 is 20.5 Å². The van der Waals surface area contributed by atoms with Gasteiger partial charge in [-0.2, -0.15) is 8.42 Å². The minimum absolute atomic E-state index is 0.458. The van der Waals surface area contributed by atoms with Crippen molar-refractivity contribution in [1.29, 1.82) is 0 Å². The lowest BCUT2D eigenvalue weighted by Gasteiger charge is -2.24. The first-order chi connectivity index (χ1) is 9.43. The smallest absolute Gasteiger partial charge is 0.280 e. The van der Waals surface area contributed by atoms with E-state index in [-0.39, 0.29) is 0 Å². The van der Waals surface area contributed by atoms with E-state index in [0.29, 0.717) is 16.8 Å². The highest BCUT2D eigenvalue weighted by molar-refractivity contribution is 7.86. The van der Waals surface area contributed by atoms with Gasteiger partial charge in [-0.15, -0.1) is 0 Å². The van der Waals surface area contributed by atoms with Gasteiger partial charge in [-0.05, 0) is 19.4 Å². The van der Waals surface area contributed by atoms with E-state index in [0.717, 1.165) is 19.4 Å². The summed E-state index contributed by atoms with van der Waals surface area (Å²) in [4.78, 5) is 0. The summed E-state index contributed by atoms with van der Waals surface area (Å²) in [6.45, 7) is 4.83. The van der Waals surface area contributed by atoms with Crippen molar-refractivity contribution in [3.63, 3.8) is 0 Å². The monoisotopic (exact) mass is 323 g/mol. The summed E-state index contributed by atoms with van der Waals surface area (Å²) < 4.78 is 33.4. The summed E-state index contributed by atoms with van der Waals surface area (Å²) in [5.41, 5.74) is 0. The van der Waals surface area contributed by atoms with E-state index >= 15 is 0 Å². The van der Waals surface area contributed by atoms with Crippen LogP contribution in [0.5, 0.6) is 0 Å². The summed E-state index contributed by atoms with van der Waals surface area (Å²) in [6, 6.07) is 0. The van der Waals surface area contributed by atoms with E-state index in [1.54, 1.807) is 6.92 Å². The fourth-order valence-corrected chi connectivity index (χ4v) is 5.03. The highest BCUT2D eigenvalue weighted by Crippen LogP contribution is 2.12. The van der Waals surface area contributed by atoms with Gasteiger partial charge in [0.1, 0.15) is 5.37 Å². The summed E-state index contributed by atoms with van der Waals surface area (Å²) in [5, 5.41) is -0.691. The van der Waals surface area contributed by atoms with Crippen LogP contribution in [0, 0.1) is 0 Å². The van der Waals surface area contributed by atoms with Gasteiger partial charge in [-0.1, -0.05) is 65.2 Å². The molecule has 0 saturated heterocycles. The molecule has 0 bridgehead atoms. The van der Waals surface area contributed by atoms with Crippen LogP contribution in [-0.2, 0) is 10.1 Å². The molecule has 6 heteroatoms. The van der Waals surface area contributed by atoms with Crippen molar-refractivity contribution < 1.29 is 13.0 Å². The molecule has 0 aromatic rings. The molecule has 0 aliphatic heterocycles. The minimum Gasteiger partial charge on any atom is -0.315 e. The molecule has 0 aromatic heterocycles. The van der Waals surface area contributed by atoms with Crippen LogP contribution in [0.4, 0.5) is 0 Å². The second-order valence-electron chi connectivity index (χ2n) is 5.69. The number of unbranched alkanes of at least 4 members (excludes halogenated alkanes) is 8. The minimum atomic E-state index is -3.91. The Kier molecular flexibility index (Phi) is 11.8. The maximum Gasteiger partial charge on any atom is 0.280 e. The SMILES string of the molecule is CCCCCCCCCCCN([SiH3])C(CC)S(=O)(=O)O. The van der Waals surface area contributed by atoms with Gasteiger partial charge in [-0.3, -0.25) is 4.55 Å². The van der Waals surface area contributed by atoms with E-state index in [1.807, 2.05) is 4.57 Å². The molecule has 4 nitrogen and oxygen atoms in total. The summed E-state index contributed by atoms with van der Waals surface area (Å²) in [5.74, 6) is 0. The van der Waals surface area contributed by atoms with E-state index in [1.165, 1.54) is 44.9 Å². The molecular formula is C14H33NO3SSi. The summed E-state index contributed by atoms with van der Waals surface area (Å²) >= 11 is 0. The Hall–Kier alpha value is 0.0869. The third-order valence-electron chi connectivity index (χ3n) is 3.80. The molecule has 122 valence electrons. The van der Waals surface area contributed by atoms with Gasteiger partial charge >= 0.3 is 0 Å². The predicted octanol–water partition coefficient (Wildman–Crippen LogP) is 2.72. The average molecular weight is 324 g/mol. The lowest BCUT2D eigenvalue weighted by Crippen LogP contribution is -2.39. The van der Waals surface area contributed by atoms with Crippen molar-refractivity contribution in [2.75, 3.05) is 6.54 Å². The van der Waals surface area contributed by atoms with Crippen LogP contribution in [0.2, 0.25) is 0 Å². The zero-order chi connectivity index (χ0) is 15.4. The molecule has 0 heterocycles.